The minimum atomic E-state index is -0.322. The van der Waals surface area contributed by atoms with Crippen LogP contribution < -0.4 is 42.4 Å². The third-order valence-corrected chi connectivity index (χ3v) is 7.64. The van der Waals surface area contributed by atoms with Crippen LogP contribution in [0.1, 0.15) is 64.0 Å². The Morgan fingerprint density at radius 2 is 1.58 bits per heavy atom. The van der Waals surface area contributed by atoms with Crippen LogP contribution >= 0.6 is 0 Å². The van der Waals surface area contributed by atoms with Crippen LogP contribution in [0.25, 0.3) is 0 Å². The maximum absolute atomic E-state index is 2.43. The zero-order chi connectivity index (χ0) is 17.0. The largest absolute Gasteiger partial charge is 1.00 e. The molecule has 1 aliphatic carbocycles. The molecule has 0 unspecified atom stereocenters. The zero-order valence-corrected chi connectivity index (χ0v) is 21.9. The summed E-state index contributed by atoms with van der Waals surface area (Å²) in [4.78, 5) is 0. The first-order valence-electron chi connectivity index (χ1n) is 9.15. The molecule has 1 aromatic carbocycles. The van der Waals surface area contributed by atoms with Gasteiger partial charge in [0.15, 0.2) is 0 Å². The molecule has 0 saturated heterocycles. The van der Waals surface area contributed by atoms with E-state index in [0.29, 0.717) is 5.92 Å². The van der Waals surface area contributed by atoms with Gasteiger partial charge in [0.1, 0.15) is 0 Å². The minimum absolute atomic E-state index is 0. The van der Waals surface area contributed by atoms with Crippen molar-refractivity contribution < 1.29 is 57.7 Å². The van der Waals surface area contributed by atoms with Gasteiger partial charge in [-0.2, -0.15) is 0 Å². The Hall–Kier alpha value is 0.501. The first kappa shape index (κ1) is 28.7. The van der Waals surface area contributed by atoms with Crippen molar-refractivity contribution in [3.63, 3.8) is 0 Å². The minimum Gasteiger partial charge on any atom is -1.00 e. The number of unbranched alkanes of at least 4 members (excludes halogenated alkanes) is 2. The first-order chi connectivity index (χ1) is 10.9. The number of benzene rings is 1. The molecule has 0 spiro atoms. The predicted octanol–water partition coefficient (Wildman–Crippen LogP) is -4.20. The van der Waals surface area contributed by atoms with Crippen molar-refractivity contribution in [2.24, 2.45) is 5.92 Å². The predicted molar refractivity (Wildman–Crippen MR) is 102 cm³/mol. The Balaban J connectivity index is 0. The van der Waals surface area contributed by atoms with E-state index in [9.17, 15) is 0 Å². The molecule has 0 heterocycles. The first-order valence-corrected chi connectivity index (χ1v) is 11.3. The van der Waals surface area contributed by atoms with Crippen LogP contribution in [0.5, 0.6) is 0 Å². The van der Waals surface area contributed by atoms with Gasteiger partial charge in [0.05, 0.1) is 0 Å². The Kier molecular flexibility index (Phi) is 15.1. The van der Waals surface area contributed by atoms with E-state index in [1.54, 1.807) is 20.2 Å². The van der Waals surface area contributed by atoms with Gasteiger partial charge >= 0.3 is 157 Å². The van der Waals surface area contributed by atoms with Crippen molar-refractivity contribution in [2.75, 3.05) is 0 Å². The molecule has 0 aliphatic heterocycles. The summed E-state index contributed by atoms with van der Waals surface area (Å²) in [5.41, 5.74) is 6.30. The number of halogens is 3. The Labute approximate surface area is 193 Å². The summed E-state index contributed by atoms with van der Waals surface area (Å²) < 4.78 is 1.64. The second-order valence-electron chi connectivity index (χ2n) is 7.46. The number of allylic oxidation sites excluding steroid dienone is 4. The summed E-state index contributed by atoms with van der Waals surface area (Å²) >= 11 is 2.39. The van der Waals surface area contributed by atoms with Gasteiger partial charge in [-0.1, -0.05) is 0 Å². The molecular weight excluding hydrogens is 435 g/mol. The quantitative estimate of drug-likeness (QED) is 0.283. The normalized spacial score (nSPS) is 14.0. The molecule has 5 heteroatoms. The van der Waals surface area contributed by atoms with Gasteiger partial charge in [-0.15, -0.1) is 0 Å². The SMILES string of the molecule is CCCCCC1=[C]([Ti+3])C(C(C)C)=C([SiH2]c2cc(C)cc(C)c2)C1.[Cl-].[Cl-].[Cl-]. The van der Waals surface area contributed by atoms with Crippen molar-refractivity contribution in [2.45, 2.75) is 66.7 Å². The second-order valence-corrected chi connectivity index (χ2v) is 10.3. The molecule has 0 radical (unpaired) electrons. The summed E-state index contributed by atoms with van der Waals surface area (Å²) in [5, 5.41) is 3.44. The molecule has 144 valence electrons. The average molecular weight is 466 g/mol. The van der Waals surface area contributed by atoms with E-state index in [1.807, 2.05) is 5.20 Å². The van der Waals surface area contributed by atoms with Crippen LogP contribution in [0.15, 0.2) is 38.4 Å². The van der Waals surface area contributed by atoms with Crippen LogP contribution in [0.3, 0.4) is 0 Å². The summed E-state index contributed by atoms with van der Waals surface area (Å²) in [6.45, 7) is 11.5. The fourth-order valence-corrected chi connectivity index (χ4v) is 7.76. The van der Waals surface area contributed by atoms with E-state index in [0.717, 1.165) is 0 Å². The molecule has 1 aliphatic rings. The van der Waals surface area contributed by atoms with E-state index < -0.39 is 0 Å². The standard InChI is InChI=1S/C21H31Si.3ClH.Ti/c1-6-7-8-9-18-13-20(15(2)3)21(14-18)22-19-11-16(4)10-17(5)12-19;;;;/h10-12,15H,6-9,14,22H2,1-5H3;3*1H;/q;;;;+3/p-3. The number of aryl methyl sites for hydroxylation is 2. The fraction of sp³-hybridized carbons (Fsp3) is 0.524. The van der Waals surface area contributed by atoms with Gasteiger partial charge in [0.25, 0.3) is 0 Å². The van der Waals surface area contributed by atoms with Crippen molar-refractivity contribution in [3.8, 4) is 0 Å². The molecule has 0 aromatic heterocycles. The molecule has 0 N–H and O–H groups in total. The molecule has 0 atom stereocenters. The number of hydrogen-bond donors (Lipinski definition) is 0. The monoisotopic (exact) mass is 464 g/mol. The van der Waals surface area contributed by atoms with Gasteiger partial charge < -0.3 is 37.2 Å². The van der Waals surface area contributed by atoms with Crippen molar-refractivity contribution in [1.29, 1.82) is 0 Å². The molecule has 0 fully saturated rings. The summed E-state index contributed by atoms with van der Waals surface area (Å²) in [6.07, 6.45) is 6.66. The van der Waals surface area contributed by atoms with Crippen molar-refractivity contribution in [1.82, 2.24) is 0 Å². The topological polar surface area (TPSA) is 0 Å². The molecule has 0 bridgehead atoms. The Morgan fingerprint density at radius 1 is 1.00 bits per heavy atom. The van der Waals surface area contributed by atoms with E-state index in [1.165, 1.54) is 43.2 Å². The van der Waals surface area contributed by atoms with Gasteiger partial charge in [-0.3, -0.25) is 0 Å². The third-order valence-electron chi connectivity index (χ3n) is 4.79. The molecule has 1 aromatic rings. The Bertz CT molecular complexity index is 616. The number of hydrogen-bond acceptors (Lipinski definition) is 0. The Morgan fingerprint density at radius 3 is 2.08 bits per heavy atom. The zero-order valence-electron chi connectivity index (χ0n) is 16.7. The maximum atomic E-state index is 2.43. The molecule has 26 heavy (non-hydrogen) atoms. The second kappa shape index (κ2) is 13.6. The van der Waals surface area contributed by atoms with Crippen molar-refractivity contribution in [3.05, 3.63) is 49.5 Å². The van der Waals surface area contributed by atoms with Gasteiger partial charge in [-0.25, -0.2) is 0 Å². The summed E-state index contributed by atoms with van der Waals surface area (Å²) in [6, 6.07) is 7.15. The van der Waals surface area contributed by atoms with E-state index in [4.69, 9.17) is 0 Å². The summed E-state index contributed by atoms with van der Waals surface area (Å²) in [7, 11) is -0.322. The van der Waals surface area contributed by atoms with Gasteiger partial charge in [-0.05, 0) is 0 Å². The molecule has 2 rings (SSSR count). The van der Waals surface area contributed by atoms with Crippen LogP contribution in [-0.2, 0) is 20.4 Å². The maximum Gasteiger partial charge on any atom is -1.00 e. The van der Waals surface area contributed by atoms with Crippen molar-refractivity contribution >= 4 is 14.7 Å². The van der Waals surface area contributed by atoms with Crippen LogP contribution in [0.4, 0.5) is 0 Å². The van der Waals surface area contributed by atoms with E-state index in [-0.39, 0.29) is 46.7 Å². The van der Waals surface area contributed by atoms with E-state index in [2.05, 4.69) is 73.3 Å². The number of rotatable bonds is 7. The molecular formula is C21H31Cl3SiTi. The van der Waals surface area contributed by atoms with Gasteiger partial charge in [0, 0.05) is 0 Å². The smallest absolute Gasteiger partial charge is 1.00 e. The molecule has 0 saturated carbocycles. The van der Waals surface area contributed by atoms with Crippen LogP contribution in [0, 0.1) is 19.8 Å². The van der Waals surface area contributed by atoms with E-state index >= 15 is 0 Å². The van der Waals surface area contributed by atoms with Crippen LogP contribution in [0.2, 0.25) is 0 Å². The van der Waals surface area contributed by atoms with Gasteiger partial charge in [0.2, 0.25) is 0 Å². The van der Waals surface area contributed by atoms with Crippen LogP contribution in [-0.4, -0.2) is 9.52 Å². The summed E-state index contributed by atoms with van der Waals surface area (Å²) in [5.74, 6) is 0.673. The third kappa shape index (κ3) is 7.86. The molecule has 0 amide bonds. The fourth-order valence-electron chi connectivity index (χ4n) is 3.88. The molecule has 0 nitrogen and oxygen atoms in total. The average Bonchev–Trinajstić information content (AvgIpc) is 2.74.